The zero-order valence-electron chi connectivity index (χ0n) is 17.2. The molecule has 1 saturated carbocycles. The summed E-state index contributed by atoms with van der Waals surface area (Å²) in [6.07, 6.45) is 4.83. The molecule has 1 aromatic rings. The molecule has 2 aliphatic heterocycles. The van der Waals surface area contributed by atoms with E-state index in [1.165, 1.54) is 0 Å². The molecule has 0 bridgehead atoms. The molecule has 1 spiro atoms. The van der Waals surface area contributed by atoms with Crippen LogP contribution in [0.5, 0.6) is 11.5 Å². The van der Waals surface area contributed by atoms with E-state index >= 15 is 0 Å². The third-order valence-corrected chi connectivity index (χ3v) is 6.26. The first kappa shape index (κ1) is 20.0. The van der Waals surface area contributed by atoms with Crippen molar-refractivity contribution in [3.63, 3.8) is 0 Å². The Bertz CT molecular complexity index is 772. The number of hydrogen-bond donors (Lipinski definition) is 1. The number of benzene rings is 1. The number of rotatable bonds is 5. The van der Waals surface area contributed by atoms with E-state index in [-0.39, 0.29) is 25.2 Å². The van der Waals surface area contributed by atoms with E-state index in [1.54, 1.807) is 4.90 Å². The highest BCUT2D eigenvalue weighted by atomic mass is 16.7. The van der Waals surface area contributed by atoms with Crippen molar-refractivity contribution in [2.75, 3.05) is 13.4 Å². The number of carbonyl (C=O) groups is 2. The molecule has 158 valence electrons. The van der Waals surface area contributed by atoms with Crippen molar-refractivity contribution in [1.29, 1.82) is 0 Å². The molecule has 7 heteroatoms. The molecular weight excluding hydrogens is 372 g/mol. The topological polar surface area (TPSA) is 77.1 Å². The maximum Gasteiger partial charge on any atom is 0.245 e. The Morgan fingerprint density at radius 2 is 1.97 bits per heavy atom. The molecular formula is C22H30N2O5. The minimum atomic E-state index is -0.612. The highest BCUT2D eigenvalue weighted by Gasteiger charge is 2.53. The van der Waals surface area contributed by atoms with Crippen LogP contribution < -0.4 is 14.8 Å². The number of hydrogen-bond acceptors (Lipinski definition) is 5. The van der Waals surface area contributed by atoms with Crippen LogP contribution >= 0.6 is 0 Å². The van der Waals surface area contributed by atoms with Gasteiger partial charge in [-0.15, -0.1) is 0 Å². The van der Waals surface area contributed by atoms with E-state index < -0.39 is 11.8 Å². The molecule has 0 aromatic heterocycles. The maximum atomic E-state index is 13.0. The molecule has 2 fully saturated rings. The fourth-order valence-electron chi connectivity index (χ4n) is 4.55. The lowest BCUT2D eigenvalue weighted by molar-refractivity contribution is -0.161. The fourth-order valence-corrected chi connectivity index (χ4v) is 4.55. The van der Waals surface area contributed by atoms with Gasteiger partial charge in [-0.25, -0.2) is 0 Å². The van der Waals surface area contributed by atoms with Gasteiger partial charge in [0.05, 0.1) is 6.61 Å². The van der Waals surface area contributed by atoms with Gasteiger partial charge < -0.3 is 19.5 Å². The zero-order valence-corrected chi connectivity index (χ0v) is 17.2. The van der Waals surface area contributed by atoms with E-state index in [4.69, 9.17) is 14.2 Å². The lowest BCUT2D eigenvalue weighted by Gasteiger charge is -2.43. The maximum absolute atomic E-state index is 13.0. The summed E-state index contributed by atoms with van der Waals surface area (Å²) < 4.78 is 16.9. The highest BCUT2D eigenvalue weighted by Crippen LogP contribution is 2.42. The summed E-state index contributed by atoms with van der Waals surface area (Å²) in [5.41, 5.74) is 0.314. The second-order valence-corrected chi connectivity index (χ2v) is 8.37. The van der Waals surface area contributed by atoms with Crippen molar-refractivity contribution < 1.29 is 23.8 Å². The summed E-state index contributed by atoms with van der Waals surface area (Å²) in [5, 5.41) is 2.98. The standard InChI is InChI=1S/C22H30N2O5/c1-3-4-20(25)24-17(13-29-22(24)9-7-15(2)8-10-22)21(26)23-12-16-5-6-18-19(11-16)28-14-27-18/h5-6,11,15,17H,3-4,7-10,12-14H2,1-2H3,(H,23,26). The Hall–Kier alpha value is -2.28. The average Bonchev–Trinajstić information content (AvgIpc) is 3.33. The number of carbonyl (C=O) groups excluding carboxylic acids is 2. The molecule has 2 heterocycles. The van der Waals surface area contributed by atoms with Gasteiger partial charge in [0.1, 0.15) is 11.8 Å². The Morgan fingerprint density at radius 1 is 1.21 bits per heavy atom. The van der Waals surface area contributed by atoms with Crippen LogP contribution in [0.3, 0.4) is 0 Å². The number of nitrogens with one attached hydrogen (secondary N) is 1. The third kappa shape index (κ3) is 3.92. The van der Waals surface area contributed by atoms with E-state index in [0.717, 1.165) is 37.7 Å². The minimum absolute atomic E-state index is 0.0165. The lowest BCUT2D eigenvalue weighted by Crippen LogP contribution is -2.56. The van der Waals surface area contributed by atoms with Gasteiger partial charge in [-0.1, -0.05) is 19.9 Å². The SMILES string of the molecule is CCCC(=O)N1C(C(=O)NCc2ccc3c(c2)OCO3)COC12CCC(C)CC2. The second-order valence-electron chi connectivity index (χ2n) is 8.37. The molecule has 4 rings (SSSR count). The number of fused-ring (bicyclic) bond motifs is 1. The first-order chi connectivity index (χ1) is 14.0. The zero-order chi connectivity index (χ0) is 20.4. The minimum Gasteiger partial charge on any atom is -0.454 e. The first-order valence-corrected chi connectivity index (χ1v) is 10.6. The number of amides is 2. The number of ether oxygens (including phenoxy) is 3. The Balaban J connectivity index is 1.45. The van der Waals surface area contributed by atoms with Crippen molar-refractivity contribution in [2.45, 2.75) is 70.7 Å². The van der Waals surface area contributed by atoms with Crippen LogP contribution in [-0.4, -0.2) is 41.9 Å². The van der Waals surface area contributed by atoms with Crippen molar-refractivity contribution in [1.82, 2.24) is 10.2 Å². The molecule has 0 radical (unpaired) electrons. The average molecular weight is 402 g/mol. The quantitative estimate of drug-likeness (QED) is 0.819. The van der Waals surface area contributed by atoms with Crippen molar-refractivity contribution in [2.24, 2.45) is 5.92 Å². The van der Waals surface area contributed by atoms with Crippen LogP contribution in [0.2, 0.25) is 0 Å². The van der Waals surface area contributed by atoms with Crippen LogP contribution in [0, 0.1) is 5.92 Å². The van der Waals surface area contributed by atoms with Crippen LogP contribution in [0.25, 0.3) is 0 Å². The first-order valence-electron chi connectivity index (χ1n) is 10.6. The summed E-state index contributed by atoms with van der Waals surface area (Å²) in [7, 11) is 0. The van der Waals surface area contributed by atoms with Crippen molar-refractivity contribution in [3.05, 3.63) is 23.8 Å². The molecule has 29 heavy (non-hydrogen) atoms. The Morgan fingerprint density at radius 3 is 2.72 bits per heavy atom. The molecule has 7 nitrogen and oxygen atoms in total. The molecule has 1 aliphatic carbocycles. The van der Waals surface area contributed by atoms with Crippen molar-refractivity contribution >= 4 is 11.8 Å². The monoisotopic (exact) mass is 402 g/mol. The molecule has 2 amide bonds. The predicted molar refractivity (Wildman–Crippen MR) is 106 cm³/mol. The van der Waals surface area contributed by atoms with Crippen LogP contribution in [0.15, 0.2) is 18.2 Å². The van der Waals surface area contributed by atoms with Gasteiger partial charge in [0, 0.05) is 13.0 Å². The molecule has 1 unspecified atom stereocenters. The molecule has 3 aliphatic rings. The van der Waals surface area contributed by atoms with Gasteiger partial charge in [-0.05, 0) is 55.7 Å². The van der Waals surface area contributed by atoms with E-state index in [0.29, 0.717) is 30.4 Å². The van der Waals surface area contributed by atoms with Gasteiger partial charge in [0.15, 0.2) is 11.5 Å². The smallest absolute Gasteiger partial charge is 0.245 e. The second kappa shape index (κ2) is 8.22. The normalized spacial score (nSPS) is 28.0. The summed E-state index contributed by atoms with van der Waals surface area (Å²) in [4.78, 5) is 27.7. The Labute approximate surface area is 171 Å². The van der Waals surface area contributed by atoms with Gasteiger partial charge in [-0.3, -0.25) is 14.5 Å². The molecule has 1 N–H and O–H groups in total. The van der Waals surface area contributed by atoms with E-state index in [1.807, 2.05) is 25.1 Å². The highest BCUT2D eigenvalue weighted by molar-refractivity contribution is 5.88. The predicted octanol–water partition coefficient (Wildman–Crippen LogP) is 2.97. The van der Waals surface area contributed by atoms with Gasteiger partial charge >= 0.3 is 0 Å². The van der Waals surface area contributed by atoms with E-state index in [9.17, 15) is 9.59 Å². The lowest BCUT2D eigenvalue weighted by atomic mass is 9.83. The van der Waals surface area contributed by atoms with Gasteiger partial charge in [0.2, 0.25) is 18.6 Å². The Kier molecular flexibility index (Phi) is 5.67. The van der Waals surface area contributed by atoms with Gasteiger partial charge in [0.25, 0.3) is 0 Å². The van der Waals surface area contributed by atoms with Crippen molar-refractivity contribution in [3.8, 4) is 11.5 Å². The molecule has 1 atom stereocenters. The van der Waals surface area contributed by atoms with Crippen LogP contribution in [0.1, 0.15) is 57.9 Å². The summed E-state index contributed by atoms with van der Waals surface area (Å²) in [6.45, 7) is 5.07. The summed E-state index contributed by atoms with van der Waals surface area (Å²) >= 11 is 0. The van der Waals surface area contributed by atoms with Crippen LogP contribution in [-0.2, 0) is 20.9 Å². The third-order valence-electron chi connectivity index (χ3n) is 6.26. The van der Waals surface area contributed by atoms with Gasteiger partial charge in [-0.2, -0.15) is 0 Å². The summed E-state index contributed by atoms with van der Waals surface area (Å²) in [6, 6.07) is 5.05. The molecule has 1 saturated heterocycles. The summed E-state index contributed by atoms with van der Waals surface area (Å²) in [5.74, 6) is 1.89. The largest absolute Gasteiger partial charge is 0.454 e. The van der Waals surface area contributed by atoms with Crippen LogP contribution in [0.4, 0.5) is 0 Å². The van der Waals surface area contributed by atoms with E-state index in [2.05, 4.69) is 12.2 Å². The molecule has 1 aromatic carbocycles. The fraction of sp³-hybridized carbons (Fsp3) is 0.636. The number of nitrogens with zero attached hydrogens (tertiary/aromatic N) is 1.